The molecule has 1 fully saturated rings. The van der Waals surface area contributed by atoms with Crippen LogP contribution in [0.15, 0.2) is 29.6 Å². The number of rotatable bonds is 5. The van der Waals surface area contributed by atoms with Crippen molar-refractivity contribution in [1.29, 1.82) is 5.26 Å². The van der Waals surface area contributed by atoms with Gasteiger partial charge in [-0.2, -0.15) is 18.4 Å². The molecule has 2 heterocycles. The number of carbonyl (C=O) groups is 2. The predicted molar refractivity (Wildman–Crippen MR) is 99.4 cm³/mol. The number of nitrogens with one attached hydrogen (secondary N) is 1. The Morgan fingerprint density at radius 2 is 1.97 bits per heavy atom. The number of nitrogens with zero attached hydrogens (tertiary/aromatic N) is 3. The van der Waals surface area contributed by atoms with Crippen LogP contribution in [0.3, 0.4) is 0 Å². The van der Waals surface area contributed by atoms with E-state index in [1.807, 2.05) is 0 Å². The molecule has 0 aliphatic carbocycles. The molecule has 1 aromatic heterocycles. The Bertz CT molecular complexity index is 1010. The van der Waals surface area contributed by atoms with Gasteiger partial charge in [-0.15, -0.1) is 11.3 Å². The molecule has 6 nitrogen and oxygen atoms in total. The minimum Gasteiger partial charge on any atom is -0.342 e. The molecule has 1 atom stereocenters. The van der Waals surface area contributed by atoms with Crippen molar-refractivity contribution in [2.24, 2.45) is 0 Å². The summed E-state index contributed by atoms with van der Waals surface area (Å²) in [6.45, 7) is -1.45. The maximum Gasteiger partial charge on any atom is 0.416 e. The summed E-state index contributed by atoms with van der Waals surface area (Å²) >= 11 is 1.11. The predicted octanol–water partition coefficient (Wildman–Crippen LogP) is 3.24. The van der Waals surface area contributed by atoms with Crippen LogP contribution in [0, 0.1) is 11.3 Å². The summed E-state index contributed by atoms with van der Waals surface area (Å²) in [5.74, 6) is -4.66. The Labute approximate surface area is 177 Å². The van der Waals surface area contributed by atoms with Gasteiger partial charge in [0.15, 0.2) is 0 Å². The van der Waals surface area contributed by atoms with E-state index in [2.05, 4.69) is 10.3 Å². The quantitative estimate of drug-likeness (QED) is 0.697. The molecule has 2 amide bonds. The molecule has 2 aromatic rings. The zero-order valence-corrected chi connectivity index (χ0v) is 16.6. The number of halogens is 5. The fourth-order valence-electron chi connectivity index (χ4n) is 3.02. The zero-order valence-electron chi connectivity index (χ0n) is 15.7. The molecular weight excluding hydrogens is 443 g/mol. The average Bonchev–Trinajstić information content (AvgIpc) is 3.29. The van der Waals surface area contributed by atoms with Crippen LogP contribution < -0.4 is 5.32 Å². The summed E-state index contributed by atoms with van der Waals surface area (Å²) in [5.41, 5.74) is -0.209. The third-order valence-corrected chi connectivity index (χ3v) is 5.41. The van der Waals surface area contributed by atoms with Crippen LogP contribution in [0.1, 0.15) is 33.0 Å². The molecule has 31 heavy (non-hydrogen) atoms. The first kappa shape index (κ1) is 22.6. The molecule has 3 rings (SSSR count). The van der Waals surface area contributed by atoms with Gasteiger partial charge in [-0.1, -0.05) is 12.1 Å². The van der Waals surface area contributed by atoms with Crippen molar-refractivity contribution in [2.45, 2.75) is 31.0 Å². The molecule has 1 aliphatic heterocycles. The van der Waals surface area contributed by atoms with Gasteiger partial charge in [-0.3, -0.25) is 9.59 Å². The number of benzene rings is 1. The van der Waals surface area contributed by atoms with E-state index in [-0.39, 0.29) is 12.1 Å². The van der Waals surface area contributed by atoms with Gasteiger partial charge in [-0.05, 0) is 17.7 Å². The highest BCUT2D eigenvalue weighted by atomic mass is 32.1. The lowest BCUT2D eigenvalue weighted by atomic mass is 10.1. The lowest BCUT2D eigenvalue weighted by Gasteiger charge is -2.19. The van der Waals surface area contributed by atoms with Crippen molar-refractivity contribution >= 4 is 23.2 Å². The van der Waals surface area contributed by atoms with Gasteiger partial charge in [0.2, 0.25) is 5.91 Å². The molecule has 164 valence electrons. The largest absolute Gasteiger partial charge is 0.416 e. The Hall–Kier alpha value is -3.07. The lowest BCUT2D eigenvalue weighted by molar-refractivity contribution is -0.137. The maximum atomic E-state index is 13.4. The first-order valence-electron chi connectivity index (χ1n) is 8.94. The molecule has 0 radical (unpaired) electrons. The van der Waals surface area contributed by atoms with Crippen molar-refractivity contribution in [1.82, 2.24) is 15.2 Å². The number of amides is 2. The van der Waals surface area contributed by atoms with Crippen LogP contribution in [0.25, 0.3) is 0 Å². The lowest BCUT2D eigenvalue weighted by Crippen LogP contribution is -2.43. The average molecular weight is 458 g/mol. The van der Waals surface area contributed by atoms with E-state index < -0.39 is 55.0 Å². The van der Waals surface area contributed by atoms with E-state index in [4.69, 9.17) is 5.26 Å². The molecule has 0 saturated carbocycles. The highest BCUT2D eigenvalue weighted by Crippen LogP contribution is 2.32. The monoisotopic (exact) mass is 458 g/mol. The maximum absolute atomic E-state index is 13.4. The van der Waals surface area contributed by atoms with E-state index in [9.17, 15) is 31.5 Å². The van der Waals surface area contributed by atoms with E-state index >= 15 is 0 Å². The third kappa shape index (κ3) is 5.55. The minimum atomic E-state index is -4.43. The van der Waals surface area contributed by atoms with Crippen molar-refractivity contribution in [2.75, 3.05) is 13.1 Å². The van der Waals surface area contributed by atoms with Gasteiger partial charge in [-0.25, -0.2) is 13.8 Å². The normalized spacial score (nSPS) is 17.9. The Morgan fingerprint density at radius 1 is 1.29 bits per heavy atom. The molecule has 0 unspecified atom stereocenters. The van der Waals surface area contributed by atoms with Crippen LogP contribution in [-0.4, -0.2) is 46.8 Å². The van der Waals surface area contributed by atoms with E-state index in [1.54, 1.807) is 6.07 Å². The van der Waals surface area contributed by atoms with Gasteiger partial charge in [0.25, 0.3) is 11.8 Å². The zero-order chi connectivity index (χ0) is 22.8. The molecule has 1 N–H and O–H groups in total. The van der Waals surface area contributed by atoms with Gasteiger partial charge in [0.05, 0.1) is 29.7 Å². The molecule has 12 heteroatoms. The van der Waals surface area contributed by atoms with Crippen molar-refractivity contribution < 1.29 is 31.5 Å². The Balaban J connectivity index is 1.56. The number of hydrogen-bond acceptors (Lipinski definition) is 5. The summed E-state index contributed by atoms with van der Waals surface area (Å²) in [5, 5.41) is 13.1. The Kier molecular flexibility index (Phi) is 6.26. The van der Waals surface area contributed by atoms with Crippen LogP contribution in [0.2, 0.25) is 0 Å². The second-order valence-electron chi connectivity index (χ2n) is 6.91. The number of aromatic nitrogens is 1. The summed E-state index contributed by atoms with van der Waals surface area (Å²) in [4.78, 5) is 29.1. The van der Waals surface area contributed by atoms with Crippen molar-refractivity contribution in [3.8, 4) is 6.07 Å². The van der Waals surface area contributed by atoms with Crippen molar-refractivity contribution in [3.63, 3.8) is 0 Å². The van der Waals surface area contributed by atoms with Gasteiger partial charge in [0, 0.05) is 18.2 Å². The number of alkyl halides is 5. The molecule has 0 bridgehead atoms. The third-order valence-electron chi connectivity index (χ3n) is 4.56. The molecule has 1 aromatic carbocycles. The SMILES string of the molecule is N#C[C@@H]1CC(F)(F)CN1C(=O)CNC(=O)c1csc(Cc2ccc(C(F)(F)F)cc2)n1. The summed E-state index contributed by atoms with van der Waals surface area (Å²) in [7, 11) is 0. The Morgan fingerprint density at radius 3 is 2.58 bits per heavy atom. The smallest absolute Gasteiger partial charge is 0.342 e. The van der Waals surface area contributed by atoms with Crippen LogP contribution in [0.4, 0.5) is 22.0 Å². The second-order valence-corrected chi connectivity index (χ2v) is 7.85. The van der Waals surface area contributed by atoms with Crippen molar-refractivity contribution in [3.05, 3.63) is 51.5 Å². The first-order valence-corrected chi connectivity index (χ1v) is 9.82. The highest BCUT2D eigenvalue weighted by molar-refractivity contribution is 7.09. The van der Waals surface area contributed by atoms with Crippen LogP contribution in [0.5, 0.6) is 0 Å². The van der Waals surface area contributed by atoms with Gasteiger partial charge >= 0.3 is 6.18 Å². The number of hydrogen-bond donors (Lipinski definition) is 1. The first-order chi connectivity index (χ1) is 14.5. The summed E-state index contributed by atoms with van der Waals surface area (Å²) < 4.78 is 64.7. The van der Waals surface area contributed by atoms with Gasteiger partial charge < -0.3 is 10.2 Å². The topological polar surface area (TPSA) is 86.1 Å². The minimum absolute atomic E-state index is 0.0108. The van der Waals surface area contributed by atoms with Gasteiger partial charge in [0.1, 0.15) is 11.7 Å². The standard InChI is InChI=1S/C19H15F5N4O2S/c20-18(21)6-13(7-25)28(10-18)16(29)8-26-17(30)14-9-31-15(27-14)5-11-1-3-12(4-2-11)19(22,23)24/h1-4,9,13H,5-6,8,10H2,(H,26,30)/t13-/m0/s1. The van der Waals surface area contributed by atoms with E-state index in [1.165, 1.54) is 17.5 Å². The molecule has 0 spiro atoms. The molecule has 1 aliphatic rings. The number of nitriles is 1. The summed E-state index contributed by atoms with van der Waals surface area (Å²) in [6.07, 6.45) is -4.97. The summed E-state index contributed by atoms with van der Waals surface area (Å²) in [6, 6.07) is 4.94. The van der Waals surface area contributed by atoms with E-state index in [0.29, 0.717) is 10.6 Å². The molecule has 1 saturated heterocycles. The van der Waals surface area contributed by atoms with E-state index in [0.717, 1.165) is 28.4 Å². The fraction of sp³-hybridized carbons (Fsp3) is 0.368. The van der Waals surface area contributed by atoms with Crippen LogP contribution in [-0.2, 0) is 17.4 Å². The number of carbonyl (C=O) groups excluding carboxylic acids is 2. The number of likely N-dealkylation sites (tertiary alicyclic amines) is 1. The fourth-order valence-corrected chi connectivity index (χ4v) is 3.83. The van der Waals surface area contributed by atoms with Crippen LogP contribution >= 0.6 is 11.3 Å². The second kappa shape index (κ2) is 8.58. The number of thiazole rings is 1. The highest BCUT2D eigenvalue weighted by Gasteiger charge is 2.47. The molecular formula is C19H15F5N4O2S.